The highest BCUT2D eigenvalue weighted by atomic mass is 32.1. The Morgan fingerprint density at radius 1 is 1.19 bits per heavy atom. The van der Waals surface area contributed by atoms with Gasteiger partial charge in [0.05, 0.1) is 22.9 Å². The van der Waals surface area contributed by atoms with E-state index in [1.807, 2.05) is 12.1 Å². The zero-order valence-electron chi connectivity index (χ0n) is 16.3. The van der Waals surface area contributed by atoms with E-state index in [9.17, 15) is 18.0 Å². The zero-order valence-corrected chi connectivity index (χ0v) is 17.1. The van der Waals surface area contributed by atoms with Crippen LogP contribution in [-0.2, 0) is 12.6 Å². The summed E-state index contributed by atoms with van der Waals surface area (Å²) >= 11 is 1.12. The fourth-order valence-corrected chi connectivity index (χ4v) is 3.94. The van der Waals surface area contributed by atoms with Crippen LogP contribution < -0.4 is 10.3 Å². The van der Waals surface area contributed by atoms with Gasteiger partial charge in [-0.15, -0.1) is 0 Å². The van der Waals surface area contributed by atoms with Crippen molar-refractivity contribution in [2.45, 2.75) is 12.6 Å². The number of H-pyrrole nitrogens is 1. The summed E-state index contributed by atoms with van der Waals surface area (Å²) in [5.41, 5.74) is -0.978. The lowest BCUT2D eigenvalue weighted by atomic mass is 10.1. The zero-order chi connectivity index (χ0) is 22.0. The van der Waals surface area contributed by atoms with Crippen LogP contribution in [0.2, 0.25) is 0 Å². The Bertz CT molecular complexity index is 1250. The first-order chi connectivity index (χ1) is 14.9. The van der Waals surface area contributed by atoms with E-state index in [1.165, 1.54) is 0 Å². The van der Waals surface area contributed by atoms with Crippen molar-refractivity contribution >= 4 is 27.8 Å². The number of benzene rings is 2. The minimum absolute atomic E-state index is 0.134. The number of para-hydroxylation sites is 1. The third-order valence-corrected chi connectivity index (χ3v) is 5.61. The molecule has 0 saturated heterocycles. The molecular weight excluding hydrogens is 429 g/mol. The minimum atomic E-state index is -4.74. The number of nitrogens with one attached hydrogen (secondary N) is 1. The second-order valence-corrected chi connectivity index (χ2v) is 7.65. The highest BCUT2D eigenvalue weighted by Crippen LogP contribution is 2.30. The molecule has 0 aliphatic heterocycles. The number of nitrogens with zero attached hydrogens (tertiary/aromatic N) is 3. The van der Waals surface area contributed by atoms with Gasteiger partial charge in [-0.1, -0.05) is 35.6 Å². The van der Waals surface area contributed by atoms with Crippen LogP contribution in [0.5, 0.6) is 5.75 Å². The number of hydrogen-bond donors (Lipinski definition) is 1. The van der Waals surface area contributed by atoms with E-state index < -0.39 is 23.0 Å². The van der Waals surface area contributed by atoms with Crippen LogP contribution in [0.15, 0.2) is 58.3 Å². The SMILES string of the molecule is COc1ccc(CCN=Cc2c(C(F)(F)F)[nH]n(-c3nc4ccccc4s3)c2=O)cc1. The Labute approximate surface area is 178 Å². The van der Waals surface area contributed by atoms with Gasteiger partial charge in [-0.2, -0.15) is 17.9 Å². The van der Waals surface area contributed by atoms with Crippen molar-refractivity contribution in [3.63, 3.8) is 0 Å². The van der Waals surface area contributed by atoms with Gasteiger partial charge in [-0.25, -0.2) is 4.98 Å². The molecule has 31 heavy (non-hydrogen) atoms. The molecular formula is C21H17F3N4O2S. The van der Waals surface area contributed by atoms with Crippen molar-refractivity contribution in [2.75, 3.05) is 13.7 Å². The van der Waals surface area contributed by atoms with Crippen molar-refractivity contribution in [1.82, 2.24) is 14.8 Å². The Kier molecular flexibility index (Phi) is 5.64. The Morgan fingerprint density at radius 2 is 1.94 bits per heavy atom. The van der Waals surface area contributed by atoms with Gasteiger partial charge in [-0.3, -0.25) is 14.9 Å². The van der Waals surface area contributed by atoms with Crippen LogP contribution in [0, 0.1) is 0 Å². The summed E-state index contributed by atoms with van der Waals surface area (Å²) in [4.78, 5) is 21.1. The van der Waals surface area contributed by atoms with Crippen LogP contribution in [-0.4, -0.2) is 34.6 Å². The number of halogens is 3. The average Bonchev–Trinajstić information content (AvgIpc) is 3.32. The van der Waals surface area contributed by atoms with Gasteiger partial charge in [-0.05, 0) is 36.2 Å². The summed E-state index contributed by atoms with van der Waals surface area (Å²) in [7, 11) is 1.57. The first-order valence-electron chi connectivity index (χ1n) is 9.28. The quantitative estimate of drug-likeness (QED) is 0.445. The van der Waals surface area contributed by atoms with E-state index in [-0.39, 0.29) is 11.7 Å². The van der Waals surface area contributed by atoms with Crippen LogP contribution in [0.4, 0.5) is 13.2 Å². The predicted octanol–water partition coefficient (Wildman–Crippen LogP) is 4.46. The van der Waals surface area contributed by atoms with E-state index in [0.717, 1.165) is 32.5 Å². The number of aromatic nitrogens is 3. The number of aromatic amines is 1. The van der Waals surface area contributed by atoms with Gasteiger partial charge in [0.15, 0.2) is 5.69 Å². The van der Waals surface area contributed by atoms with Crippen molar-refractivity contribution in [3.05, 3.63) is 75.7 Å². The predicted molar refractivity (Wildman–Crippen MR) is 114 cm³/mol. The van der Waals surface area contributed by atoms with Gasteiger partial charge in [0.25, 0.3) is 5.56 Å². The fraction of sp³-hybridized carbons (Fsp3) is 0.190. The standard InChI is InChI=1S/C21H17F3N4O2S/c1-30-14-8-6-13(7-9-14)10-11-25-12-15-18(21(22,23)24)27-28(19(15)29)20-26-16-4-2-3-5-17(16)31-20/h2-9,12,27H,10-11H2,1H3. The monoisotopic (exact) mass is 446 g/mol. The molecule has 2 aromatic heterocycles. The van der Waals surface area contributed by atoms with Crippen molar-refractivity contribution in [1.29, 1.82) is 0 Å². The van der Waals surface area contributed by atoms with Crippen LogP contribution in [0.1, 0.15) is 16.8 Å². The molecule has 2 heterocycles. The molecule has 2 aromatic carbocycles. The van der Waals surface area contributed by atoms with Crippen molar-refractivity contribution in [3.8, 4) is 10.9 Å². The molecule has 4 aromatic rings. The van der Waals surface area contributed by atoms with Crippen molar-refractivity contribution in [2.24, 2.45) is 4.99 Å². The second kappa shape index (κ2) is 8.38. The van der Waals surface area contributed by atoms with Gasteiger partial charge in [0, 0.05) is 12.8 Å². The normalized spacial score (nSPS) is 12.1. The molecule has 10 heteroatoms. The van der Waals surface area contributed by atoms with E-state index >= 15 is 0 Å². The van der Waals surface area contributed by atoms with E-state index in [4.69, 9.17) is 4.74 Å². The number of ether oxygens (including phenoxy) is 1. The third kappa shape index (κ3) is 4.38. The lowest BCUT2D eigenvalue weighted by molar-refractivity contribution is -0.141. The van der Waals surface area contributed by atoms with Crippen LogP contribution >= 0.6 is 11.3 Å². The average molecular weight is 446 g/mol. The Hall–Kier alpha value is -3.40. The lowest BCUT2D eigenvalue weighted by Gasteiger charge is -2.04. The first kappa shape index (κ1) is 20.9. The number of thiazole rings is 1. The molecule has 0 amide bonds. The maximum Gasteiger partial charge on any atom is 0.433 e. The van der Waals surface area contributed by atoms with Crippen LogP contribution in [0.25, 0.3) is 15.3 Å². The molecule has 1 N–H and O–H groups in total. The molecule has 0 saturated carbocycles. The molecule has 0 atom stereocenters. The van der Waals surface area contributed by atoms with Gasteiger partial charge in [0.2, 0.25) is 5.13 Å². The molecule has 6 nitrogen and oxygen atoms in total. The molecule has 0 radical (unpaired) electrons. The van der Waals surface area contributed by atoms with E-state index in [2.05, 4.69) is 15.1 Å². The summed E-state index contributed by atoms with van der Waals surface area (Å²) in [5, 5.41) is 2.29. The third-order valence-electron chi connectivity index (χ3n) is 4.59. The summed E-state index contributed by atoms with van der Waals surface area (Å²) in [6, 6.07) is 14.4. The Morgan fingerprint density at radius 3 is 2.61 bits per heavy atom. The number of alkyl halides is 3. The summed E-state index contributed by atoms with van der Waals surface area (Å²) in [6.45, 7) is 0.232. The Balaban J connectivity index is 1.61. The summed E-state index contributed by atoms with van der Waals surface area (Å²) in [6.07, 6.45) is -3.24. The minimum Gasteiger partial charge on any atom is -0.497 e. The number of aliphatic imine (C=N–C) groups is 1. The van der Waals surface area contributed by atoms with Gasteiger partial charge >= 0.3 is 6.18 Å². The molecule has 0 bridgehead atoms. The second-order valence-electron chi connectivity index (χ2n) is 6.64. The molecule has 0 fully saturated rings. The maximum atomic E-state index is 13.5. The molecule has 0 aliphatic rings. The molecule has 0 unspecified atom stereocenters. The summed E-state index contributed by atoms with van der Waals surface area (Å²) < 4.78 is 47.3. The highest BCUT2D eigenvalue weighted by Gasteiger charge is 2.38. The highest BCUT2D eigenvalue weighted by molar-refractivity contribution is 7.20. The molecule has 4 rings (SSSR count). The van der Waals surface area contributed by atoms with E-state index in [1.54, 1.807) is 43.5 Å². The molecule has 0 spiro atoms. The van der Waals surface area contributed by atoms with E-state index in [0.29, 0.717) is 17.7 Å². The first-order valence-corrected chi connectivity index (χ1v) is 10.1. The maximum absolute atomic E-state index is 13.5. The fourth-order valence-electron chi connectivity index (χ4n) is 3.02. The van der Waals surface area contributed by atoms with Crippen LogP contribution in [0.3, 0.4) is 0 Å². The van der Waals surface area contributed by atoms with Gasteiger partial charge in [0.1, 0.15) is 5.75 Å². The number of methoxy groups -OCH3 is 1. The molecule has 160 valence electrons. The molecule has 0 aliphatic carbocycles. The number of fused-ring (bicyclic) bond motifs is 1. The summed E-state index contributed by atoms with van der Waals surface area (Å²) in [5.74, 6) is 0.713. The smallest absolute Gasteiger partial charge is 0.433 e. The van der Waals surface area contributed by atoms with Gasteiger partial charge < -0.3 is 4.74 Å². The van der Waals surface area contributed by atoms with Crippen molar-refractivity contribution < 1.29 is 17.9 Å². The number of rotatable bonds is 6. The lowest BCUT2D eigenvalue weighted by Crippen LogP contribution is -2.17. The largest absolute Gasteiger partial charge is 0.497 e. The topological polar surface area (TPSA) is 72.3 Å². The number of hydrogen-bond acceptors (Lipinski definition) is 5.